The highest BCUT2D eigenvalue weighted by molar-refractivity contribution is 6.33. The first-order chi connectivity index (χ1) is 12.7. The van der Waals surface area contributed by atoms with Gasteiger partial charge in [-0.3, -0.25) is 4.79 Å². The van der Waals surface area contributed by atoms with Crippen molar-refractivity contribution in [1.29, 1.82) is 0 Å². The Morgan fingerprint density at radius 3 is 2.04 bits per heavy atom. The molecule has 0 aliphatic rings. The highest BCUT2D eigenvalue weighted by Gasteiger charge is 2.22. The Kier molecular flexibility index (Phi) is 5.77. The standard InChI is InChI=1S/C21H16ClFN2O/c22-18-12-7-13-19(23)17(18)14-24-25-21(26)20(15-8-3-1-4-9-15)16-10-5-2-6-11-16/h1-14,20H,(H,25,26)/b24-14+. The number of benzene rings is 3. The molecule has 1 amide bonds. The maximum absolute atomic E-state index is 13.8. The van der Waals surface area contributed by atoms with Crippen molar-refractivity contribution in [2.24, 2.45) is 5.10 Å². The molecule has 1 N–H and O–H groups in total. The maximum Gasteiger partial charge on any atom is 0.252 e. The number of nitrogens with one attached hydrogen (secondary N) is 1. The Morgan fingerprint density at radius 2 is 1.50 bits per heavy atom. The fourth-order valence-corrected chi connectivity index (χ4v) is 2.86. The molecule has 0 bridgehead atoms. The van der Waals surface area contributed by atoms with E-state index < -0.39 is 11.7 Å². The number of hydrazone groups is 1. The normalized spacial score (nSPS) is 11.0. The molecule has 3 aromatic rings. The van der Waals surface area contributed by atoms with E-state index in [1.54, 1.807) is 6.07 Å². The number of nitrogens with zero attached hydrogens (tertiary/aromatic N) is 1. The lowest BCUT2D eigenvalue weighted by Gasteiger charge is -2.16. The quantitative estimate of drug-likeness (QED) is 0.513. The second-order valence-electron chi connectivity index (χ2n) is 5.62. The summed E-state index contributed by atoms with van der Waals surface area (Å²) in [4.78, 5) is 12.8. The van der Waals surface area contributed by atoms with Crippen LogP contribution < -0.4 is 5.43 Å². The minimum atomic E-state index is -0.523. The summed E-state index contributed by atoms with van der Waals surface area (Å²) in [6.07, 6.45) is 1.21. The van der Waals surface area contributed by atoms with Crippen LogP contribution in [0, 0.1) is 5.82 Å². The molecule has 0 heterocycles. The summed E-state index contributed by atoms with van der Waals surface area (Å²) in [6.45, 7) is 0. The Bertz CT molecular complexity index is 854. The van der Waals surface area contributed by atoms with E-state index in [4.69, 9.17) is 11.6 Å². The van der Waals surface area contributed by atoms with Gasteiger partial charge in [0.1, 0.15) is 5.82 Å². The van der Waals surface area contributed by atoms with Gasteiger partial charge in [-0.05, 0) is 23.3 Å². The number of halogens is 2. The zero-order valence-corrected chi connectivity index (χ0v) is 14.5. The molecule has 3 nitrogen and oxygen atoms in total. The highest BCUT2D eigenvalue weighted by atomic mass is 35.5. The van der Waals surface area contributed by atoms with Gasteiger partial charge in [-0.2, -0.15) is 5.10 Å². The molecule has 130 valence electrons. The molecule has 0 saturated carbocycles. The molecule has 3 aromatic carbocycles. The van der Waals surface area contributed by atoms with E-state index in [-0.39, 0.29) is 16.5 Å². The first-order valence-electron chi connectivity index (χ1n) is 8.03. The van der Waals surface area contributed by atoms with Gasteiger partial charge < -0.3 is 0 Å². The fourth-order valence-electron chi connectivity index (χ4n) is 2.65. The summed E-state index contributed by atoms with van der Waals surface area (Å²) in [5.74, 6) is -1.34. The number of hydrogen-bond donors (Lipinski definition) is 1. The maximum atomic E-state index is 13.8. The molecule has 0 unspecified atom stereocenters. The van der Waals surface area contributed by atoms with Gasteiger partial charge in [0.05, 0.1) is 17.2 Å². The van der Waals surface area contributed by atoms with E-state index in [1.165, 1.54) is 18.3 Å². The number of carbonyl (C=O) groups is 1. The van der Waals surface area contributed by atoms with E-state index in [0.717, 1.165) is 11.1 Å². The lowest BCUT2D eigenvalue weighted by Crippen LogP contribution is -2.26. The van der Waals surface area contributed by atoms with Crippen LogP contribution in [-0.4, -0.2) is 12.1 Å². The van der Waals surface area contributed by atoms with Crippen LogP contribution >= 0.6 is 11.6 Å². The summed E-state index contributed by atoms with van der Waals surface area (Å²) >= 11 is 5.96. The molecule has 0 aromatic heterocycles. The van der Waals surface area contributed by atoms with E-state index in [1.807, 2.05) is 60.7 Å². The molecular formula is C21H16ClFN2O. The van der Waals surface area contributed by atoms with Crippen LogP contribution in [0.3, 0.4) is 0 Å². The summed E-state index contributed by atoms with van der Waals surface area (Å²) in [5, 5.41) is 4.11. The van der Waals surface area contributed by atoms with E-state index in [9.17, 15) is 9.18 Å². The summed E-state index contributed by atoms with van der Waals surface area (Å²) < 4.78 is 13.8. The van der Waals surface area contributed by atoms with Gasteiger partial charge in [0.25, 0.3) is 5.91 Å². The van der Waals surface area contributed by atoms with Crippen LogP contribution in [0.5, 0.6) is 0 Å². The molecule has 0 fully saturated rings. The lowest BCUT2D eigenvalue weighted by atomic mass is 9.91. The first-order valence-corrected chi connectivity index (χ1v) is 8.41. The third-order valence-electron chi connectivity index (χ3n) is 3.90. The zero-order chi connectivity index (χ0) is 18.4. The summed E-state index contributed by atoms with van der Waals surface area (Å²) in [6, 6.07) is 23.2. The van der Waals surface area contributed by atoms with E-state index in [0.29, 0.717) is 0 Å². The fraction of sp³-hybridized carbons (Fsp3) is 0.0476. The van der Waals surface area contributed by atoms with Crippen LogP contribution in [0.1, 0.15) is 22.6 Å². The lowest BCUT2D eigenvalue weighted by molar-refractivity contribution is -0.121. The second kappa shape index (κ2) is 8.41. The van der Waals surface area contributed by atoms with Crippen molar-refractivity contribution in [2.75, 3.05) is 0 Å². The van der Waals surface area contributed by atoms with Crippen LogP contribution in [0.25, 0.3) is 0 Å². The van der Waals surface area contributed by atoms with Gasteiger partial charge in [0, 0.05) is 5.56 Å². The van der Waals surface area contributed by atoms with Crippen molar-refractivity contribution in [3.05, 3.63) is 106 Å². The van der Waals surface area contributed by atoms with E-state index >= 15 is 0 Å². The average molecular weight is 367 g/mol. The minimum absolute atomic E-state index is 0.130. The van der Waals surface area contributed by atoms with E-state index in [2.05, 4.69) is 10.5 Å². The molecule has 0 saturated heterocycles. The molecule has 0 atom stereocenters. The predicted molar refractivity (Wildman–Crippen MR) is 102 cm³/mol. The van der Waals surface area contributed by atoms with Crippen molar-refractivity contribution in [3.8, 4) is 0 Å². The van der Waals surface area contributed by atoms with Gasteiger partial charge in [0.15, 0.2) is 0 Å². The average Bonchev–Trinajstić information content (AvgIpc) is 2.66. The Balaban J connectivity index is 1.84. The molecule has 5 heteroatoms. The number of hydrogen-bond acceptors (Lipinski definition) is 2. The molecule has 0 aliphatic heterocycles. The van der Waals surface area contributed by atoms with Gasteiger partial charge in [0.2, 0.25) is 0 Å². The van der Waals surface area contributed by atoms with Crippen molar-refractivity contribution in [2.45, 2.75) is 5.92 Å². The third kappa shape index (κ3) is 4.16. The van der Waals surface area contributed by atoms with Crippen molar-refractivity contribution < 1.29 is 9.18 Å². The number of amides is 1. The molecule has 0 aliphatic carbocycles. The van der Waals surface area contributed by atoms with Gasteiger partial charge in [-0.1, -0.05) is 78.3 Å². The first kappa shape index (κ1) is 17.8. The summed E-state index contributed by atoms with van der Waals surface area (Å²) in [5.41, 5.74) is 4.30. The molecule has 3 rings (SSSR count). The third-order valence-corrected chi connectivity index (χ3v) is 4.23. The molecule has 0 spiro atoms. The van der Waals surface area contributed by atoms with Gasteiger partial charge >= 0.3 is 0 Å². The topological polar surface area (TPSA) is 41.5 Å². The van der Waals surface area contributed by atoms with Gasteiger partial charge in [-0.25, -0.2) is 9.82 Å². The SMILES string of the molecule is O=C(N/N=C/c1c(F)cccc1Cl)C(c1ccccc1)c1ccccc1. The van der Waals surface area contributed by atoms with Crippen LogP contribution in [0.4, 0.5) is 4.39 Å². The summed E-state index contributed by atoms with van der Waals surface area (Å²) in [7, 11) is 0. The smallest absolute Gasteiger partial charge is 0.252 e. The minimum Gasteiger partial charge on any atom is -0.272 e. The Labute approximate surface area is 156 Å². The molecule has 0 radical (unpaired) electrons. The van der Waals surface area contributed by atoms with Crippen molar-refractivity contribution in [1.82, 2.24) is 5.43 Å². The molecule has 26 heavy (non-hydrogen) atoms. The van der Waals surface area contributed by atoms with Crippen LogP contribution in [-0.2, 0) is 4.79 Å². The zero-order valence-electron chi connectivity index (χ0n) is 13.8. The second-order valence-corrected chi connectivity index (χ2v) is 6.03. The van der Waals surface area contributed by atoms with Crippen LogP contribution in [0.2, 0.25) is 5.02 Å². The van der Waals surface area contributed by atoms with Crippen molar-refractivity contribution >= 4 is 23.7 Å². The molecular weight excluding hydrogens is 351 g/mol. The Morgan fingerprint density at radius 1 is 0.923 bits per heavy atom. The van der Waals surface area contributed by atoms with Gasteiger partial charge in [-0.15, -0.1) is 0 Å². The van der Waals surface area contributed by atoms with Crippen molar-refractivity contribution in [3.63, 3.8) is 0 Å². The predicted octanol–water partition coefficient (Wildman–Crippen LogP) is 4.76. The Hall–Kier alpha value is -2.98. The largest absolute Gasteiger partial charge is 0.272 e. The number of rotatable bonds is 5. The highest BCUT2D eigenvalue weighted by Crippen LogP contribution is 2.24. The number of carbonyl (C=O) groups excluding carboxylic acids is 1. The monoisotopic (exact) mass is 366 g/mol. The van der Waals surface area contributed by atoms with Crippen LogP contribution in [0.15, 0.2) is 84.0 Å².